The molecule has 0 aliphatic heterocycles. The fourth-order valence-corrected chi connectivity index (χ4v) is 0.514. The summed E-state index contributed by atoms with van der Waals surface area (Å²) in [4.78, 5) is 10.0. The van der Waals surface area contributed by atoms with E-state index in [1.165, 1.54) is 0 Å². The molecule has 0 aromatic carbocycles. The van der Waals surface area contributed by atoms with Gasteiger partial charge in [-0.3, -0.25) is 0 Å². The van der Waals surface area contributed by atoms with Crippen LogP contribution in [-0.2, 0) is 9.53 Å². The predicted molar refractivity (Wildman–Crippen MR) is 37.8 cm³/mol. The Morgan fingerprint density at radius 1 is 1.70 bits per heavy atom. The number of unbranched alkanes of at least 4 members (excludes halogenated alkanes) is 1. The van der Waals surface area contributed by atoms with Crippen LogP contribution in [0.25, 0.3) is 0 Å². The average Bonchev–Trinajstić information content (AvgIpc) is 1.99. The SMILES string of the molecule is CCCCO[C@H](C=O)CO. The van der Waals surface area contributed by atoms with E-state index in [2.05, 4.69) is 0 Å². The maximum Gasteiger partial charge on any atom is 0.151 e. The Morgan fingerprint density at radius 2 is 2.40 bits per heavy atom. The molecule has 10 heavy (non-hydrogen) atoms. The van der Waals surface area contributed by atoms with Crippen LogP contribution < -0.4 is 0 Å². The van der Waals surface area contributed by atoms with Gasteiger partial charge in [-0.05, 0) is 6.42 Å². The van der Waals surface area contributed by atoms with Crippen molar-refractivity contribution in [2.45, 2.75) is 25.9 Å². The highest BCUT2D eigenvalue weighted by molar-refractivity contribution is 5.55. The van der Waals surface area contributed by atoms with Gasteiger partial charge in [-0.1, -0.05) is 13.3 Å². The molecule has 60 valence electrons. The van der Waals surface area contributed by atoms with E-state index in [4.69, 9.17) is 9.84 Å². The van der Waals surface area contributed by atoms with Gasteiger partial charge in [0.05, 0.1) is 6.61 Å². The molecule has 1 N–H and O–H groups in total. The highest BCUT2D eigenvalue weighted by atomic mass is 16.5. The smallest absolute Gasteiger partial charge is 0.151 e. The predicted octanol–water partition coefficient (Wildman–Crippen LogP) is 0.363. The lowest BCUT2D eigenvalue weighted by molar-refractivity contribution is -0.120. The quantitative estimate of drug-likeness (QED) is 0.435. The summed E-state index contributed by atoms with van der Waals surface area (Å²) >= 11 is 0. The summed E-state index contributed by atoms with van der Waals surface area (Å²) in [5, 5.41) is 8.47. The second-order valence-corrected chi connectivity index (χ2v) is 2.08. The topological polar surface area (TPSA) is 46.5 Å². The van der Waals surface area contributed by atoms with Gasteiger partial charge < -0.3 is 14.6 Å². The zero-order valence-corrected chi connectivity index (χ0v) is 6.25. The molecule has 3 heteroatoms. The van der Waals surface area contributed by atoms with E-state index < -0.39 is 6.10 Å². The van der Waals surface area contributed by atoms with Gasteiger partial charge in [0, 0.05) is 6.61 Å². The first-order valence-electron chi connectivity index (χ1n) is 3.52. The standard InChI is InChI=1S/C7H14O3/c1-2-3-4-10-7(5-8)6-9/h5,7,9H,2-4,6H2,1H3/t7-/m1/s1. The maximum atomic E-state index is 10.0. The first-order valence-corrected chi connectivity index (χ1v) is 3.52. The lowest BCUT2D eigenvalue weighted by atomic mass is 10.3. The van der Waals surface area contributed by atoms with Crippen molar-refractivity contribution in [3.63, 3.8) is 0 Å². The zero-order valence-electron chi connectivity index (χ0n) is 6.25. The third-order valence-corrected chi connectivity index (χ3v) is 1.16. The van der Waals surface area contributed by atoms with Crippen LogP contribution >= 0.6 is 0 Å². The molecule has 0 unspecified atom stereocenters. The van der Waals surface area contributed by atoms with Crippen molar-refractivity contribution in [3.05, 3.63) is 0 Å². The van der Waals surface area contributed by atoms with Crippen LogP contribution in [-0.4, -0.2) is 30.7 Å². The maximum absolute atomic E-state index is 10.0. The number of carbonyl (C=O) groups is 1. The highest BCUT2D eigenvalue weighted by Crippen LogP contribution is 1.91. The van der Waals surface area contributed by atoms with Crippen molar-refractivity contribution in [1.29, 1.82) is 0 Å². The van der Waals surface area contributed by atoms with Crippen LogP contribution in [0.4, 0.5) is 0 Å². The molecule has 0 aliphatic rings. The fourth-order valence-electron chi connectivity index (χ4n) is 0.514. The van der Waals surface area contributed by atoms with Crippen LogP contribution in [0.15, 0.2) is 0 Å². The summed E-state index contributed by atoms with van der Waals surface area (Å²) in [6, 6.07) is 0. The number of hydrogen-bond donors (Lipinski definition) is 1. The molecule has 0 heterocycles. The van der Waals surface area contributed by atoms with Gasteiger partial charge in [0.15, 0.2) is 6.29 Å². The Balaban J connectivity index is 3.17. The van der Waals surface area contributed by atoms with E-state index in [0.717, 1.165) is 12.8 Å². The lowest BCUT2D eigenvalue weighted by Gasteiger charge is -2.06. The Hall–Kier alpha value is -0.410. The van der Waals surface area contributed by atoms with Crippen LogP contribution in [0.5, 0.6) is 0 Å². The number of rotatable bonds is 6. The van der Waals surface area contributed by atoms with Crippen molar-refractivity contribution in [2.75, 3.05) is 13.2 Å². The van der Waals surface area contributed by atoms with E-state index in [-0.39, 0.29) is 6.61 Å². The molecule has 0 radical (unpaired) electrons. The molecule has 0 aliphatic carbocycles. The largest absolute Gasteiger partial charge is 0.393 e. The summed E-state index contributed by atoms with van der Waals surface area (Å²) in [5.74, 6) is 0. The van der Waals surface area contributed by atoms with E-state index >= 15 is 0 Å². The number of aliphatic hydroxyl groups is 1. The van der Waals surface area contributed by atoms with Gasteiger partial charge in [0.1, 0.15) is 6.10 Å². The summed E-state index contributed by atoms with van der Waals surface area (Å²) in [6.07, 6.45) is 1.98. The minimum Gasteiger partial charge on any atom is -0.393 e. The zero-order chi connectivity index (χ0) is 7.82. The van der Waals surface area contributed by atoms with Crippen molar-refractivity contribution in [3.8, 4) is 0 Å². The Morgan fingerprint density at radius 3 is 2.80 bits per heavy atom. The Labute approximate surface area is 61.0 Å². The van der Waals surface area contributed by atoms with E-state index in [1.54, 1.807) is 0 Å². The molecule has 0 amide bonds. The van der Waals surface area contributed by atoms with Crippen LogP contribution in [0.2, 0.25) is 0 Å². The van der Waals surface area contributed by atoms with Gasteiger partial charge in [-0.25, -0.2) is 0 Å². The van der Waals surface area contributed by atoms with Crippen molar-refractivity contribution in [2.24, 2.45) is 0 Å². The normalized spacial score (nSPS) is 13.0. The van der Waals surface area contributed by atoms with Crippen molar-refractivity contribution < 1.29 is 14.6 Å². The minimum atomic E-state index is -0.619. The first-order chi connectivity index (χ1) is 4.85. The molecule has 0 saturated heterocycles. The van der Waals surface area contributed by atoms with Gasteiger partial charge in [-0.15, -0.1) is 0 Å². The molecule has 1 atom stereocenters. The molecule has 0 aromatic heterocycles. The van der Waals surface area contributed by atoms with Crippen LogP contribution in [0.3, 0.4) is 0 Å². The summed E-state index contributed by atoms with van der Waals surface area (Å²) in [7, 11) is 0. The fraction of sp³-hybridized carbons (Fsp3) is 0.857. The summed E-state index contributed by atoms with van der Waals surface area (Å²) < 4.78 is 4.96. The lowest BCUT2D eigenvalue weighted by Crippen LogP contribution is -2.19. The van der Waals surface area contributed by atoms with E-state index in [9.17, 15) is 4.79 Å². The molecular weight excluding hydrogens is 132 g/mol. The van der Waals surface area contributed by atoms with E-state index in [0.29, 0.717) is 12.9 Å². The number of aliphatic hydroxyl groups excluding tert-OH is 1. The summed E-state index contributed by atoms with van der Waals surface area (Å²) in [5.41, 5.74) is 0. The molecule has 0 fully saturated rings. The van der Waals surface area contributed by atoms with E-state index in [1.807, 2.05) is 6.92 Å². The van der Waals surface area contributed by atoms with Gasteiger partial charge in [-0.2, -0.15) is 0 Å². The first kappa shape index (κ1) is 9.59. The second kappa shape index (κ2) is 6.71. The molecule has 3 nitrogen and oxygen atoms in total. The number of hydrogen-bond acceptors (Lipinski definition) is 3. The second-order valence-electron chi connectivity index (χ2n) is 2.08. The third kappa shape index (κ3) is 4.47. The van der Waals surface area contributed by atoms with Crippen LogP contribution in [0.1, 0.15) is 19.8 Å². The van der Waals surface area contributed by atoms with Gasteiger partial charge >= 0.3 is 0 Å². The third-order valence-electron chi connectivity index (χ3n) is 1.16. The van der Waals surface area contributed by atoms with Gasteiger partial charge in [0.25, 0.3) is 0 Å². The highest BCUT2D eigenvalue weighted by Gasteiger charge is 2.02. The minimum absolute atomic E-state index is 0.215. The number of carbonyl (C=O) groups excluding carboxylic acids is 1. The Kier molecular flexibility index (Phi) is 6.43. The molecular formula is C7H14O3. The molecule has 0 aromatic rings. The van der Waals surface area contributed by atoms with Crippen molar-refractivity contribution in [1.82, 2.24) is 0 Å². The monoisotopic (exact) mass is 146 g/mol. The number of aldehydes is 1. The van der Waals surface area contributed by atoms with Crippen molar-refractivity contribution >= 4 is 6.29 Å². The number of ether oxygens (including phenoxy) is 1. The molecule has 0 spiro atoms. The van der Waals surface area contributed by atoms with Crippen LogP contribution in [0, 0.1) is 0 Å². The summed E-state index contributed by atoms with van der Waals surface area (Å²) in [6.45, 7) is 2.38. The van der Waals surface area contributed by atoms with Gasteiger partial charge in [0.2, 0.25) is 0 Å². The average molecular weight is 146 g/mol. The molecule has 0 bridgehead atoms. The Bertz CT molecular complexity index is 82.9. The molecule has 0 saturated carbocycles. The molecule has 0 rings (SSSR count).